The number of carbonyl (C=O) groups is 2. The van der Waals surface area contributed by atoms with Crippen molar-refractivity contribution in [2.24, 2.45) is 11.8 Å². The van der Waals surface area contributed by atoms with Gasteiger partial charge in [-0.2, -0.15) is 0 Å². The molecule has 0 fully saturated rings. The van der Waals surface area contributed by atoms with Crippen LogP contribution >= 0.6 is 0 Å². The maximum atomic E-state index is 12.1. The average Bonchev–Trinajstić information content (AvgIpc) is 2.61. The maximum absolute atomic E-state index is 12.1. The summed E-state index contributed by atoms with van der Waals surface area (Å²) < 4.78 is 15.1. The molecule has 2 rings (SSSR count). The molecule has 2 aliphatic rings. The van der Waals surface area contributed by atoms with Crippen molar-refractivity contribution in [3.63, 3.8) is 0 Å². The van der Waals surface area contributed by atoms with E-state index in [9.17, 15) is 14.7 Å². The minimum Gasteiger partial charge on any atom is -0.461 e. The molecule has 134 valence electrons. The summed E-state index contributed by atoms with van der Waals surface area (Å²) in [6.45, 7) is 3.51. The third kappa shape index (κ3) is 4.31. The van der Waals surface area contributed by atoms with Crippen LogP contribution in [0.5, 0.6) is 0 Å². The van der Waals surface area contributed by atoms with Crippen LogP contribution in [0.15, 0.2) is 35.6 Å². The summed E-state index contributed by atoms with van der Waals surface area (Å²) in [5.74, 6) is -1.86. The van der Waals surface area contributed by atoms with Crippen molar-refractivity contribution in [2.45, 2.75) is 32.5 Å². The summed E-state index contributed by atoms with van der Waals surface area (Å²) in [5.41, 5.74) is 0.847. The summed E-state index contributed by atoms with van der Waals surface area (Å²) in [7, 11) is 0. The van der Waals surface area contributed by atoms with Gasteiger partial charge in [-0.05, 0) is 31.9 Å². The lowest BCUT2D eigenvalue weighted by Gasteiger charge is -2.34. The SMILES string of the molecule is C#CC1C=CC(C2C=C(C(=O)OCC)OC(O)(C(=O)OCC)C2)=CC1. The van der Waals surface area contributed by atoms with Crippen LogP contribution in [0.4, 0.5) is 0 Å². The summed E-state index contributed by atoms with van der Waals surface area (Å²) in [4.78, 5) is 24.2. The van der Waals surface area contributed by atoms with Gasteiger partial charge in [0.25, 0.3) is 0 Å². The van der Waals surface area contributed by atoms with Crippen molar-refractivity contribution in [3.8, 4) is 12.3 Å². The van der Waals surface area contributed by atoms with Gasteiger partial charge < -0.3 is 19.3 Å². The number of esters is 2. The summed E-state index contributed by atoms with van der Waals surface area (Å²) in [6.07, 6.45) is 13.2. The van der Waals surface area contributed by atoms with Crippen LogP contribution in [0.1, 0.15) is 26.7 Å². The van der Waals surface area contributed by atoms with Gasteiger partial charge in [0.15, 0.2) is 0 Å². The Balaban J connectivity index is 2.31. The largest absolute Gasteiger partial charge is 0.461 e. The van der Waals surface area contributed by atoms with E-state index >= 15 is 0 Å². The molecule has 1 aliphatic heterocycles. The number of hydrogen-bond acceptors (Lipinski definition) is 6. The molecular formula is C19H22O6. The number of carbonyl (C=O) groups excluding carboxylic acids is 2. The fourth-order valence-corrected chi connectivity index (χ4v) is 2.73. The van der Waals surface area contributed by atoms with Crippen molar-refractivity contribution in [1.29, 1.82) is 0 Å². The van der Waals surface area contributed by atoms with Crippen molar-refractivity contribution in [1.82, 2.24) is 0 Å². The highest BCUT2D eigenvalue weighted by Gasteiger charge is 2.47. The predicted octanol–water partition coefficient (Wildman–Crippen LogP) is 1.86. The van der Waals surface area contributed by atoms with Crippen molar-refractivity contribution in [3.05, 3.63) is 35.6 Å². The summed E-state index contributed by atoms with van der Waals surface area (Å²) in [6, 6.07) is 0. The fourth-order valence-electron chi connectivity index (χ4n) is 2.73. The maximum Gasteiger partial charge on any atom is 0.379 e. The molecule has 0 amide bonds. The summed E-state index contributed by atoms with van der Waals surface area (Å²) in [5, 5.41) is 10.6. The Hall–Kier alpha value is -2.52. The molecule has 6 heteroatoms. The van der Waals surface area contributed by atoms with Crippen LogP contribution in [0.2, 0.25) is 0 Å². The molecule has 0 aromatic heterocycles. The minimum absolute atomic E-state index is 0.0148. The number of terminal acetylenes is 1. The van der Waals surface area contributed by atoms with E-state index in [1.807, 2.05) is 18.2 Å². The fraction of sp³-hybridized carbons (Fsp3) is 0.474. The van der Waals surface area contributed by atoms with Gasteiger partial charge >= 0.3 is 17.7 Å². The first-order valence-corrected chi connectivity index (χ1v) is 8.25. The second kappa shape index (κ2) is 8.04. The normalized spacial score (nSPS) is 28.1. The van der Waals surface area contributed by atoms with Crippen LogP contribution in [-0.2, 0) is 23.8 Å². The Kier molecular flexibility index (Phi) is 6.05. The minimum atomic E-state index is -2.24. The van der Waals surface area contributed by atoms with Crippen molar-refractivity contribution >= 4 is 11.9 Å². The number of hydrogen-bond donors (Lipinski definition) is 1. The molecule has 6 nitrogen and oxygen atoms in total. The highest BCUT2D eigenvalue weighted by molar-refractivity contribution is 5.88. The van der Waals surface area contributed by atoms with E-state index in [0.29, 0.717) is 6.42 Å². The molecule has 0 saturated carbocycles. The topological polar surface area (TPSA) is 82.1 Å². The molecule has 0 radical (unpaired) electrons. The average molecular weight is 346 g/mol. The third-order valence-electron chi connectivity index (χ3n) is 3.97. The third-order valence-corrected chi connectivity index (χ3v) is 3.97. The number of aliphatic hydroxyl groups is 1. The zero-order chi connectivity index (χ0) is 18.4. The lowest BCUT2D eigenvalue weighted by Crippen LogP contribution is -2.47. The second-order valence-electron chi connectivity index (χ2n) is 5.74. The van der Waals surface area contributed by atoms with Gasteiger partial charge in [-0.15, -0.1) is 6.42 Å². The molecule has 0 aromatic carbocycles. The molecule has 0 saturated heterocycles. The van der Waals surface area contributed by atoms with Crippen molar-refractivity contribution in [2.75, 3.05) is 13.2 Å². The molecule has 1 heterocycles. The molecule has 3 atom stereocenters. The van der Waals surface area contributed by atoms with Gasteiger partial charge in [0.1, 0.15) is 0 Å². The van der Waals surface area contributed by atoms with Crippen LogP contribution in [0.25, 0.3) is 0 Å². The highest BCUT2D eigenvalue weighted by Crippen LogP contribution is 2.36. The quantitative estimate of drug-likeness (QED) is 0.604. The molecule has 1 N–H and O–H groups in total. The Morgan fingerprint density at radius 1 is 1.40 bits per heavy atom. The Morgan fingerprint density at radius 2 is 2.12 bits per heavy atom. The summed E-state index contributed by atoms with van der Waals surface area (Å²) >= 11 is 0. The molecule has 0 spiro atoms. The molecule has 1 aliphatic carbocycles. The first-order chi connectivity index (χ1) is 11.9. The van der Waals surface area contributed by atoms with Gasteiger partial charge in [-0.1, -0.05) is 24.1 Å². The van der Waals surface area contributed by atoms with E-state index < -0.39 is 23.6 Å². The van der Waals surface area contributed by atoms with E-state index in [1.54, 1.807) is 19.9 Å². The number of ether oxygens (including phenoxy) is 3. The van der Waals surface area contributed by atoms with Gasteiger partial charge in [0, 0.05) is 18.3 Å². The Morgan fingerprint density at radius 3 is 2.68 bits per heavy atom. The lowest BCUT2D eigenvalue weighted by molar-refractivity contribution is -0.225. The van der Waals surface area contributed by atoms with E-state index in [1.165, 1.54) is 0 Å². The first-order valence-electron chi connectivity index (χ1n) is 8.25. The van der Waals surface area contributed by atoms with Crippen molar-refractivity contribution < 1.29 is 28.9 Å². The Labute approximate surface area is 147 Å². The van der Waals surface area contributed by atoms with Gasteiger partial charge in [-0.25, -0.2) is 9.59 Å². The zero-order valence-electron chi connectivity index (χ0n) is 14.4. The van der Waals surface area contributed by atoms with Crippen LogP contribution < -0.4 is 0 Å². The van der Waals surface area contributed by atoms with E-state index in [4.69, 9.17) is 20.6 Å². The first kappa shape index (κ1) is 18.8. The van der Waals surface area contributed by atoms with Gasteiger partial charge in [0.05, 0.1) is 13.2 Å². The second-order valence-corrected chi connectivity index (χ2v) is 5.74. The molecule has 3 unspecified atom stereocenters. The van der Waals surface area contributed by atoms with Gasteiger partial charge in [-0.3, -0.25) is 0 Å². The Bertz CT molecular complexity index is 666. The van der Waals surface area contributed by atoms with E-state index in [0.717, 1.165) is 5.57 Å². The molecular weight excluding hydrogens is 324 g/mol. The van der Waals surface area contributed by atoms with Crippen LogP contribution in [-0.4, -0.2) is 36.0 Å². The molecule has 0 aromatic rings. The highest BCUT2D eigenvalue weighted by atomic mass is 16.7. The smallest absolute Gasteiger partial charge is 0.379 e. The number of rotatable bonds is 5. The monoisotopic (exact) mass is 346 g/mol. The van der Waals surface area contributed by atoms with E-state index in [2.05, 4.69) is 5.92 Å². The van der Waals surface area contributed by atoms with Gasteiger partial charge in [0.2, 0.25) is 5.76 Å². The predicted molar refractivity (Wildman–Crippen MR) is 89.7 cm³/mol. The van der Waals surface area contributed by atoms with Crippen LogP contribution in [0, 0.1) is 24.2 Å². The standard InChI is InChI=1S/C19H22O6/c1-4-13-7-9-14(10-8-13)15-11-16(17(20)23-5-2)25-19(22,12-15)18(21)24-6-3/h1,7,9-11,13,15,22H,5-6,8,12H2,2-3H3. The number of allylic oxidation sites excluding steroid dienone is 5. The lowest BCUT2D eigenvalue weighted by atomic mass is 9.84. The zero-order valence-corrected chi connectivity index (χ0v) is 14.4. The van der Waals surface area contributed by atoms with E-state index in [-0.39, 0.29) is 31.3 Å². The van der Waals surface area contributed by atoms with Crippen LogP contribution in [0.3, 0.4) is 0 Å². The molecule has 0 bridgehead atoms. The molecule has 25 heavy (non-hydrogen) atoms.